The summed E-state index contributed by atoms with van der Waals surface area (Å²) < 4.78 is 4.04. The molecule has 0 aliphatic carbocycles. The van der Waals surface area contributed by atoms with Crippen LogP contribution in [0, 0.1) is 6.92 Å². The third-order valence-corrected chi connectivity index (χ3v) is 3.37. The molecule has 0 saturated heterocycles. The van der Waals surface area contributed by atoms with E-state index >= 15 is 0 Å². The predicted molar refractivity (Wildman–Crippen MR) is 71.2 cm³/mol. The van der Waals surface area contributed by atoms with Gasteiger partial charge in [0, 0.05) is 31.7 Å². The van der Waals surface area contributed by atoms with Crippen LogP contribution in [-0.2, 0) is 13.6 Å². The van der Waals surface area contributed by atoms with Gasteiger partial charge in [-0.25, -0.2) is 4.98 Å². The number of imidazole rings is 1. The van der Waals surface area contributed by atoms with Crippen LogP contribution in [0.5, 0.6) is 0 Å². The molecule has 2 rings (SSSR count). The van der Waals surface area contributed by atoms with Gasteiger partial charge in [-0.1, -0.05) is 0 Å². The van der Waals surface area contributed by atoms with E-state index < -0.39 is 0 Å². The third-order valence-electron chi connectivity index (χ3n) is 3.37. The molecule has 2 atom stereocenters. The molecule has 18 heavy (non-hydrogen) atoms. The summed E-state index contributed by atoms with van der Waals surface area (Å²) in [5.74, 6) is 1.05. The minimum absolute atomic E-state index is 0.318. The average molecular weight is 247 g/mol. The fourth-order valence-corrected chi connectivity index (χ4v) is 1.87. The van der Waals surface area contributed by atoms with Crippen LogP contribution < -0.4 is 5.32 Å². The highest BCUT2D eigenvalue weighted by Gasteiger charge is 2.14. The molecule has 0 aliphatic rings. The van der Waals surface area contributed by atoms with Gasteiger partial charge in [0.2, 0.25) is 0 Å². The van der Waals surface area contributed by atoms with E-state index in [2.05, 4.69) is 42.4 Å². The number of nitrogens with one attached hydrogen (secondary N) is 1. The van der Waals surface area contributed by atoms with Crippen molar-refractivity contribution in [3.8, 4) is 0 Å². The smallest absolute Gasteiger partial charge is 0.122 e. The summed E-state index contributed by atoms with van der Waals surface area (Å²) in [7, 11) is 2.01. The molecule has 0 fully saturated rings. The Morgan fingerprint density at radius 3 is 2.72 bits per heavy atom. The summed E-state index contributed by atoms with van der Waals surface area (Å²) in [4.78, 5) is 4.30. The van der Waals surface area contributed by atoms with Crippen molar-refractivity contribution in [2.24, 2.45) is 7.05 Å². The van der Waals surface area contributed by atoms with Crippen LogP contribution in [0.1, 0.15) is 31.3 Å². The van der Waals surface area contributed by atoms with E-state index in [-0.39, 0.29) is 0 Å². The summed E-state index contributed by atoms with van der Waals surface area (Å²) in [6.07, 6.45) is 7.75. The van der Waals surface area contributed by atoms with Crippen molar-refractivity contribution in [2.75, 3.05) is 0 Å². The molecule has 0 amide bonds. The number of aryl methyl sites for hydroxylation is 2. The maximum atomic E-state index is 4.36. The van der Waals surface area contributed by atoms with E-state index in [9.17, 15) is 0 Å². The summed E-state index contributed by atoms with van der Waals surface area (Å²) >= 11 is 0. The molecular weight excluding hydrogens is 226 g/mol. The van der Waals surface area contributed by atoms with Crippen molar-refractivity contribution in [1.29, 1.82) is 0 Å². The van der Waals surface area contributed by atoms with Crippen LogP contribution in [0.15, 0.2) is 24.8 Å². The molecule has 5 heteroatoms. The number of rotatable bonds is 5. The summed E-state index contributed by atoms with van der Waals surface area (Å²) in [6.45, 7) is 7.17. The SMILES string of the molecule is Cc1cnn([C@@H](C)[C@H](C)NCc2nccn2C)c1. The molecule has 5 nitrogen and oxygen atoms in total. The van der Waals surface area contributed by atoms with Crippen LogP contribution in [0.25, 0.3) is 0 Å². The number of aromatic nitrogens is 4. The third kappa shape index (κ3) is 2.79. The second-order valence-electron chi connectivity index (χ2n) is 4.86. The molecule has 98 valence electrons. The van der Waals surface area contributed by atoms with Crippen LogP contribution in [0.4, 0.5) is 0 Å². The Labute approximate surface area is 108 Å². The zero-order chi connectivity index (χ0) is 13.1. The molecule has 1 N–H and O–H groups in total. The normalized spacial score (nSPS) is 14.7. The first kappa shape index (κ1) is 12.8. The summed E-state index contributed by atoms with van der Waals surface area (Å²) in [5, 5.41) is 7.84. The van der Waals surface area contributed by atoms with Gasteiger partial charge < -0.3 is 9.88 Å². The lowest BCUT2D eigenvalue weighted by molar-refractivity contribution is 0.361. The second kappa shape index (κ2) is 5.35. The Morgan fingerprint density at radius 1 is 1.39 bits per heavy atom. The lowest BCUT2D eigenvalue weighted by atomic mass is 10.2. The largest absolute Gasteiger partial charge is 0.337 e. The van der Waals surface area contributed by atoms with Gasteiger partial charge in [-0.2, -0.15) is 5.10 Å². The van der Waals surface area contributed by atoms with E-state index in [4.69, 9.17) is 0 Å². The molecule has 0 aromatic carbocycles. The second-order valence-corrected chi connectivity index (χ2v) is 4.86. The molecular formula is C13H21N5. The fraction of sp³-hybridized carbons (Fsp3) is 0.538. The van der Waals surface area contributed by atoms with Gasteiger partial charge in [-0.05, 0) is 26.3 Å². The van der Waals surface area contributed by atoms with Gasteiger partial charge >= 0.3 is 0 Å². The zero-order valence-electron chi connectivity index (χ0n) is 11.5. The van der Waals surface area contributed by atoms with E-state index in [0.717, 1.165) is 12.4 Å². The van der Waals surface area contributed by atoms with E-state index in [0.29, 0.717) is 12.1 Å². The Morgan fingerprint density at radius 2 is 2.17 bits per heavy atom. The highest BCUT2D eigenvalue weighted by atomic mass is 15.3. The van der Waals surface area contributed by atoms with Gasteiger partial charge in [-0.15, -0.1) is 0 Å². The first-order valence-electron chi connectivity index (χ1n) is 6.28. The maximum Gasteiger partial charge on any atom is 0.122 e. The molecule has 2 aromatic heterocycles. The molecule has 0 radical (unpaired) electrons. The summed E-state index contributed by atoms with van der Waals surface area (Å²) in [5.41, 5.74) is 1.19. The monoisotopic (exact) mass is 247 g/mol. The lowest BCUT2D eigenvalue weighted by Gasteiger charge is -2.21. The minimum Gasteiger partial charge on any atom is -0.337 e. The topological polar surface area (TPSA) is 47.7 Å². The van der Waals surface area contributed by atoms with Crippen molar-refractivity contribution >= 4 is 0 Å². The number of hydrogen-bond acceptors (Lipinski definition) is 3. The molecule has 2 aromatic rings. The van der Waals surface area contributed by atoms with Gasteiger partial charge in [0.15, 0.2) is 0 Å². The minimum atomic E-state index is 0.318. The van der Waals surface area contributed by atoms with Crippen molar-refractivity contribution < 1.29 is 0 Å². The summed E-state index contributed by atoms with van der Waals surface area (Å²) in [6, 6.07) is 0.653. The maximum absolute atomic E-state index is 4.36. The molecule has 0 spiro atoms. The first-order chi connectivity index (χ1) is 8.58. The average Bonchev–Trinajstić information content (AvgIpc) is 2.94. The van der Waals surface area contributed by atoms with Crippen LogP contribution in [-0.4, -0.2) is 25.4 Å². The molecule has 0 unspecified atom stereocenters. The molecule has 0 saturated carbocycles. The van der Waals surface area contributed by atoms with Crippen LogP contribution >= 0.6 is 0 Å². The Kier molecular flexibility index (Phi) is 3.81. The standard InChI is InChI=1S/C13H21N5/c1-10-7-16-18(9-10)12(3)11(2)15-8-13-14-5-6-17(13)4/h5-7,9,11-12,15H,8H2,1-4H3/t11-,12-/m0/s1. The van der Waals surface area contributed by atoms with Crippen LogP contribution in [0.2, 0.25) is 0 Å². The van der Waals surface area contributed by atoms with Crippen molar-refractivity contribution in [3.05, 3.63) is 36.2 Å². The van der Waals surface area contributed by atoms with Crippen LogP contribution in [0.3, 0.4) is 0 Å². The fourth-order valence-electron chi connectivity index (χ4n) is 1.87. The van der Waals surface area contributed by atoms with Gasteiger partial charge in [0.1, 0.15) is 5.82 Å². The zero-order valence-corrected chi connectivity index (χ0v) is 11.5. The Balaban J connectivity index is 1.92. The van der Waals surface area contributed by atoms with Gasteiger partial charge in [0.05, 0.1) is 18.8 Å². The highest BCUT2D eigenvalue weighted by Crippen LogP contribution is 2.11. The quantitative estimate of drug-likeness (QED) is 0.874. The first-order valence-corrected chi connectivity index (χ1v) is 6.28. The highest BCUT2D eigenvalue weighted by molar-refractivity contribution is 5.01. The van der Waals surface area contributed by atoms with E-state index in [1.165, 1.54) is 5.56 Å². The van der Waals surface area contributed by atoms with Crippen molar-refractivity contribution in [3.63, 3.8) is 0 Å². The molecule has 2 heterocycles. The van der Waals surface area contributed by atoms with E-state index in [1.807, 2.05) is 34.9 Å². The predicted octanol–water partition coefficient (Wildman–Crippen LogP) is 1.66. The van der Waals surface area contributed by atoms with Crippen molar-refractivity contribution in [1.82, 2.24) is 24.6 Å². The Bertz CT molecular complexity index is 499. The molecule has 0 bridgehead atoms. The van der Waals surface area contributed by atoms with E-state index in [1.54, 1.807) is 0 Å². The number of hydrogen-bond donors (Lipinski definition) is 1. The lowest BCUT2D eigenvalue weighted by Crippen LogP contribution is -2.34. The Hall–Kier alpha value is -1.62. The van der Waals surface area contributed by atoms with Gasteiger partial charge in [-0.3, -0.25) is 4.68 Å². The van der Waals surface area contributed by atoms with Gasteiger partial charge in [0.25, 0.3) is 0 Å². The molecule has 0 aliphatic heterocycles. The number of nitrogens with zero attached hydrogens (tertiary/aromatic N) is 4. The van der Waals surface area contributed by atoms with Crippen molar-refractivity contribution in [2.45, 2.75) is 39.4 Å².